The summed E-state index contributed by atoms with van der Waals surface area (Å²) in [6.45, 7) is 2.10. The zero-order valence-electron chi connectivity index (χ0n) is 11.4. The second-order valence-corrected chi connectivity index (χ2v) is 4.83. The molecular weight excluding hydrogens is 278 g/mol. The van der Waals surface area contributed by atoms with Gasteiger partial charge in [0.2, 0.25) is 0 Å². The Labute approximate surface area is 122 Å². The Morgan fingerprint density at radius 2 is 2.05 bits per heavy atom. The monoisotopic (exact) mass is 293 g/mol. The van der Waals surface area contributed by atoms with Crippen LogP contribution >= 0.6 is 11.6 Å². The van der Waals surface area contributed by atoms with Crippen molar-refractivity contribution in [1.29, 1.82) is 0 Å². The van der Waals surface area contributed by atoms with Gasteiger partial charge in [-0.3, -0.25) is 4.68 Å². The summed E-state index contributed by atoms with van der Waals surface area (Å²) < 4.78 is 6.71. The van der Waals surface area contributed by atoms with Crippen molar-refractivity contribution in [3.8, 4) is 0 Å². The fourth-order valence-corrected chi connectivity index (χ4v) is 2.02. The molecule has 6 heteroatoms. The average Bonchev–Trinajstić information content (AvgIpc) is 2.72. The molecule has 20 heavy (non-hydrogen) atoms. The van der Waals surface area contributed by atoms with Gasteiger partial charge in [0.15, 0.2) is 5.69 Å². The Bertz CT molecular complexity index is 620. The van der Waals surface area contributed by atoms with Crippen LogP contribution in [0.25, 0.3) is 0 Å². The van der Waals surface area contributed by atoms with E-state index in [2.05, 4.69) is 5.10 Å². The second kappa shape index (κ2) is 5.96. The summed E-state index contributed by atoms with van der Waals surface area (Å²) in [6, 6.07) is 7.11. The van der Waals surface area contributed by atoms with Crippen LogP contribution in [0.4, 0.5) is 5.69 Å². The molecule has 1 heterocycles. The molecule has 1 aromatic heterocycles. The summed E-state index contributed by atoms with van der Waals surface area (Å²) in [6.07, 6.45) is 0.671. The molecule has 2 rings (SSSR count). The van der Waals surface area contributed by atoms with Crippen molar-refractivity contribution in [3.05, 3.63) is 46.2 Å². The van der Waals surface area contributed by atoms with Crippen LogP contribution in [0.1, 0.15) is 28.7 Å². The largest absolute Gasteiger partial charge is 0.456 e. The predicted octanol–water partition coefficient (Wildman–Crippen LogP) is 2.58. The van der Waals surface area contributed by atoms with Crippen LogP contribution in [-0.4, -0.2) is 15.7 Å². The maximum atomic E-state index is 12.1. The third-order valence-electron chi connectivity index (χ3n) is 2.97. The van der Waals surface area contributed by atoms with Crippen LogP contribution in [0.15, 0.2) is 24.3 Å². The zero-order valence-corrected chi connectivity index (χ0v) is 12.1. The molecule has 0 saturated heterocycles. The number of carbonyl (C=O) groups excluding carboxylic acids is 1. The van der Waals surface area contributed by atoms with Crippen LogP contribution in [0.3, 0.4) is 0 Å². The van der Waals surface area contributed by atoms with Gasteiger partial charge in [-0.2, -0.15) is 5.10 Å². The molecule has 0 saturated carbocycles. The summed E-state index contributed by atoms with van der Waals surface area (Å²) in [4.78, 5) is 12.1. The maximum absolute atomic E-state index is 12.1. The highest BCUT2D eigenvalue weighted by atomic mass is 35.5. The number of hydrogen-bond donors (Lipinski definition) is 1. The summed E-state index contributed by atoms with van der Waals surface area (Å²) in [7, 11) is 1.68. The van der Waals surface area contributed by atoms with E-state index in [-0.39, 0.29) is 12.3 Å². The number of nitrogens with two attached hydrogens (primary N) is 1. The highest BCUT2D eigenvalue weighted by molar-refractivity contribution is 6.30. The van der Waals surface area contributed by atoms with Gasteiger partial charge in [0.25, 0.3) is 0 Å². The second-order valence-electron chi connectivity index (χ2n) is 4.39. The van der Waals surface area contributed by atoms with Gasteiger partial charge in [-0.05, 0) is 24.1 Å². The normalized spacial score (nSPS) is 10.6. The smallest absolute Gasteiger partial charge is 0.359 e. The minimum absolute atomic E-state index is 0.169. The minimum Gasteiger partial charge on any atom is -0.456 e. The van der Waals surface area contributed by atoms with Gasteiger partial charge in [-0.15, -0.1) is 0 Å². The van der Waals surface area contributed by atoms with Crippen molar-refractivity contribution in [2.45, 2.75) is 20.0 Å². The summed E-state index contributed by atoms with van der Waals surface area (Å²) in [5.74, 6) is -0.479. The van der Waals surface area contributed by atoms with E-state index < -0.39 is 5.97 Å². The van der Waals surface area contributed by atoms with Gasteiger partial charge in [0, 0.05) is 12.1 Å². The standard InChI is InChI=1S/C14H16ClN3O2/c1-3-11-12(16)13(18(2)17-11)14(19)20-8-9-4-6-10(15)7-5-9/h4-7H,3,8,16H2,1-2H3. The first-order valence-corrected chi connectivity index (χ1v) is 6.63. The van der Waals surface area contributed by atoms with E-state index >= 15 is 0 Å². The maximum Gasteiger partial charge on any atom is 0.359 e. The molecule has 0 aliphatic rings. The third-order valence-corrected chi connectivity index (χ3v) is 3.22. The van der Waals surface area contributed by atoms with Crippen LogP contribution in [-0.2, 0) is 24.8 Å². The van der Waals surface area contributed by atoms with E-state index in [1.165, 1.54) is 4.68 Å². The lowest BCUT2D eigenvalue weighted by Gasteiger charge is -2.06. The minimum atomic E-state index is -0.479. The van der Waals surface area contributed by atoms with Crippen molar-refractivity contribution in [3.63, 3.8) is 0 Å². The summed E-state index contributed by atoms with van der Waals surface area (Å²) >= 11 is 5.79. The lowest BCUT2D eigenvalue weighted by molar-refractivity contribution is 0.0461. The molecule has 0 bridgehead atoms. The predicted molar refractivity (Wildman–Crippen MR) is 77.6 cm³/mol. The molecule has 2 aromatic rings. The number of esters is 1. The van der Waals surface area contributed by atoms with Gasteiger partial charge in [-0.1, -0.05) is 30.7 Å². The summed E-state index contributed by atoms with van der Waals surface area (Å²) in [5, 5.41) is 4.83. The molecule has 0 aliphatic carbocycles. The van der Waals surface area contributed by atoms with E-state index in [1.807, 2.05) is 6.92 Å². The molecule has 5 nitrogen and oxygen atoms in total. The van der Waals surface area contributed by atoms with Gasteiger partial charge in [-0.25, -0.2) is 4.79 Å². The highest BCUT2D eigenvalue weighted by Gasteiger charge is 2.20. The number of aryl methyl sites for hydroxylation is 2. The van der Waals surface area contributed by atoms with Crippen molar-refractivity contribution in [2.24, 2.45) is 7.05 Å². The molecule has 0 amide bonds. The molecule has 0 aliphatic heterocycles. The van der Waals surface area contributed by atoms with E-state index in [1.54, 1.807) is 31.3 Å². The molecule has 1 aromatic carbocycles. The third kappa shape index (κ3) is 2.93. The first kappa shape index (κ1) is 14.4. The molecular formula is C14H16ClN3O2. The number of hydrogen-bond acceptors (Lipinski definition) is 4. The van der Waals surface area contributed by atoms with Gasteiger partial charge >= 0.3 is 5.97 Å². The van der Waals surface area contributed by atoms with Crippen LogP contribution in [0, 0.1) is 0 Å². The fraction of sp³-hybridized carbons (Fsp3) is 0.286. The number of halogens is 1. The van der Waals surface area contributed by atoms with Gasteiger partial charge in [0.05, 0.1) is 11.4 Å². The Balaban J connectivity index is 2.09. The molecule has 0 unspecified atom stereocenters. The van der Waals surface area contributed by atoms with Crippen molar-refractivity contribution in [2.75, 3.05) is 5.73 Å². The molecule has 0 fully saturated rings. The number of benzene rings is 1. The van der Waals surface area contributed by atoms with Crippen LogP contribution in [0.5, 0.6) is 0 Å². The van der Waals surface area contributed by atoms with Gasteiger partial charge in [0.1, 0.15) is 6.61 Å². The number of anilines is 1. The zero-order chi connectivity index (χ0) is 14.7. The van der Waals surface area contributed by atoms with E-state index in [0.29, 0.717) is 22.8 Å². The van der Waals surface area contributed by atoms with E-state index in [0.717, 1.165) is 5.56 Å². The number of rotatable bonds is 4. The Kier molecular flexibility index (Phi) is 4.29. The Morgan fingerprint density at radius 1 is 1.40 bits per heavy atom. The quantitative estimate of drug-likeness (QED) is 0.880. The van der Waals surface area contributed by atoms with Crippen LogP contribution in [0.2, 0.25) is 5.02 Å². The van der Waals surface area contributed by atoms with E-state index in [9.17, 15) is 4.79 Å². The van der Waals surface area contributed by atoms with Gasteiger partial charge < -0.3 is 10.5 Å². The highest BCUT2D eigenvalue weighted by Crippen LogP contribution is 2.18. The molecule has 106 valence electrons. The lowest BCUT2D eigenvalue weighted by atomic mass is 10.2. The topological polar surface area (TPSA) is 70.1 Å². The summed E-state index contributed by atoms with van der Waals surface area (Å²) in [5.41, 5.74) is 8.14. The van der Waals surface area contributed by atoms with E-state index in [4.69, 9.17) is 22.1 Å². The number of ether oxygens (including phenoxy) is 1. The Morgan fingerprint density at radius 3 is 2.60 bits per heavy atom. The Hall–Kier alpha value is -2.01. The first-order chi connectivity index (χ1) is 9.52. The van der Waals surface area contributed by atoms with Crippen molar-refractivity contribution >= 4 is 23.3 Å². The van der Waals surface area contributed by atoms with Crippen molar-refractivity contribution in [1.82, 2.24) is 9.78 Å². The number of nitrogen functional groups attached to an aromatic ring is 1. The average molecular weight is 294 g/mol. The van der Waals surface area contributed by atoms with Crippen LogP contribution < -0.4 is 5.73 Å². The first-order valence-electron chi connectivity index (χ1n) is 6.25. The lowest BCUT2D eigenvalue weighted by Crippen LogP contribution is -2.12. The number of nitrogens with zero attached hydrogens (tertiary/aromatic N) is 2. The fourth-order valence-electron chi connectivity index (χ4n) is 1.90. The molecule has 0 spiro atoms. The number of aromatic nitrogens is 2. The van der Waals surface area contributed by atoms with Crippen molar-refractivity contribution < 1.29 is 9.53 Å². The molecule has 0 atom stereocenters. The molecule has 0 radical (unpaired) electrons. The molecule has 2 N–H and O–H groups in total. The SMILES string of the molecule is CCc1nn(C)c(C(=O)OCc2ccc(Cl)cc2)c1N. The number of carbonyl (C=O) groups is 1.